The fourth-order valence-electron chi connectivity index (χ4n) is 2.04. The van der Waals surface area contributed by atoms with Gasteiger partial charge in [-0.15, -0.1) is 0 Å². The summed E-state index contributed by atoms with van der Waals surface area (Å²) in [4.78, 5) is 7.21. The number of nitrogens with one attached hydrogen (secondary N) is 2. The third-order valence-corrected chi connectivity index (χ3v) is 2.92. The smallest absolute Gasteiger partial charge is 0.300 e. The first-order valence-corrected chi connectivity index (χ1v) is 6.31. The minimum absolute atomic E-state index is 0.302. The zero-order chi connectivity index (χ0) is 13.9. The SMILES string of the molecule is CNCc1cccc(Oc2nc3ccc(F)cc3[nH]2)c1. The van der Waals surface area contributed by atoms with Crippen molar-refractivity contribution in [3.8, 4) is 11.8 Å². The minimum Gasteiger partial charge on any atom is -0.426 e. The van der Waals surface area contributed by atoms with Crippen LogP contribution in [0.4, 0.5) is 4.39 Å². The zero-order valence-electron chi connectivity index (χ0n) is 11.0. The lowest BCUT2D eigenvalue weighted by atomic mass is 10.2. The second-order valence-electron chi connectivity index (χ2n) is 4.48. The molecule has 0 spiro atoms. The number of benzene rings is 2. The zero-order valence-corrected chi connectivity index (χ0v) is 11.0. The van der Waals surface area contributed by atoms with Crippen LogP contribution in [0.25, 0.3) is 11.0 Å². The number of aromatic amines is 1. The first-order valence-electron chi connectivity index (χ1n) is 6.31. The number of rotatable bonds is 4. The Morgan fingerprint density at radius 1 is 1.25 bits per heavy atom. The summed E-state index contributed by atoms with van der Waals surface area (Å²) in [6, 6.07) is 12.5. The van der Waals surface area contributed by atoms with E-state index in [-0.39, 0.29) is 5.82 Å². The third kappa shape index (κ3) is 2.62. The number of imidazole rings is 1. The molecule has 0 saturated carbocycles. The Morgan fingerprint density at radius 3 is 3.00 bits per heavy atom. The molecular formula is C15H14FN3O. The summed E-state index contributed by atoms with van der Waals surface area (Å²) in [5.74, 6) is 0.390. The van der Waals surface area contributed by atoms with Crippen molar-refractivity contribution < 1.29 is 9.13 Å². The number of hydrogen-bond acceptors (Lipinski definition) is 3. The summed E-state index contributed by atoms with van der Waals surface area (Å²) in [5, 5.41) is 3.08. The second kappa shape index (κ2) is 5.30. The number of ether oxygens (including phenoxy) is 1. The van der Waals surface area contributed by atoms with Crippen molar-refractivity contribution in [1.82, 2.24) is 15.3 Å². The fourth-order valence-corrected chi connectivity index (χ4v) is 2.04. The van der Waals surface area contributed by atoms with Crippen LogP contribution in [0, 0.1) is 5.82 Å². The monoisotopic (exact) mass is 271 g/mol. The predicted molar refractivity (Wildman–Crippen MR) is 75.3 cm³/mol. The van der Waals surface area contributed by atoms with Gasteiger partial charge in [-0.3, -0.25) is 0 Å². The molecule has 4 nitrogen and oxygen atoms in total. The van der Waals surface area contributed by atoms with E-state index < -0.39 is 0 Å². The lowest BCUT2D eigenvalue weighted by Crippen LogP contribution is -2.04. The van der Waals surface area contributed by atoms with E-state index in [9.17, 15) is 4.39 Å². The quantitative estimate of drug-likeness (QED) is 0.766. The first kappa shape index (κ1) is 12.6. The maximum absolute atomic E-state index is 13.1. The van der Waals surface area contributed by atoms with E-state index in [0.29, 0.717) is 22.8 Å². The van der Waals surface area contributed by atoms with Gasteiger partial charge in [-0.1, -0.05) is 12.1 Å². The standard InChI is InChI=1S/C15H14FN3O/c1-17-9-10-3-2-4-12(7-10)20-15-18-13-6-5-11(16)8-14(13)19-15/h2-8,17H,9H2,1H3,(H,18,19). The van der Waals surface area contributed by atoms with Crippen LogP contribution in [0.15, 0.2) is 42.5 Å². The van der Waals surface area contributed by atoms with Crippen molar-refractivity contribution in [2.45, 2.75) is 6.54 Å². The van der Waals surface area contributed by atoms with Gasteiger partial charge in [-0.2, -0.15) is 4.98 Å². The number of nitrogens with zero attached hydrogens (tertiary/aromatic N) is 1. The Hall–Kier alpha value is -2.40. The Morgan fingerprint density at radius 2 is 2.15 bits per heavy atom. The van der Waals surface area contributed by atoms with Gasteiger partial charge in [0, 0.05) is 6.54 Å². The third-order valence-electron chi connectivity index (χ3n) is 2.92. The second-order valence-corrected chi connectivity index (χ2v) is 4.48. The van der Waals surface area contributed by atoms with Crippen molar-refractivity contribution >= 4 is 11.0 Å². The minimum atomic E-state index is -0.302. The van der Waals surface area contributed by atoms with Crippen molar-refractivity contribution in [3.63, 3.8) is 0 Å². The van der Waals surface area contributed by atoms with Gasteiger partial charge in [0.2, 0.25) is 0 Å². The van der Waals surface area contributed by atoms with E-state index in [4.69, 9.17) is 4.74 Å². The van der Waals surface area contributed by atoms with Crippen LogP contribution >= 0.6 is 0 Å². The summed E-state index contributed by atoms with van der Waals surface area (Å²) < 4.78 is 18.8. The number of hydrogen-bond donors (Lipinski definition) is 2. The van der Waals surface area contributed by atoms with E-state index in [1.165, 1.54) is 12.1 Å². The Kier molecular flexibility index (Phi) is 3.35. The summed E-state index contributed by atoms with van der Waals surface area (Å²) in [5.41, 5.74) is 2.41. The van der Waals surface area contributed by atoms with Crippen LogP contribution in [0.1, 0.15) is 5.56 Å². The van der Waals surface area contributed by atoms with Crippen molar-refractivity contribution in [2.24, 2.45) is 0 Å². The van der Waals surface area contributed by atoms with Gasteiger partial charge in [0.15, 0.2) is 0 Å². The molecule has 0 amide bonds. The average Bonchev–Trinajstić information content (AvgIpc) is 2.81. The number of fused-ring (bicyclic) bond motifs is 1. The summed E-state index contributed by atoms with van der Waals surface area (Å²) >= 11 is 0. The summed E-state index contributed by atoms with van der Waals surface area (Å²) in [6.07, 6.45) is 0. The molecule has 0 aliphatic carbocycles. The Bertz CT molecular complexity index is 739. The van der Waals surface area contributed by atoms with E-state index in [1.54, 1.807) is 6.07 Å². The fraction of sp³-hybridized carbons (Fsp3) is 0.133. The van der Waals surface area contributed by atoms with E-state index in [2.05, 4.69) is 15.3 Å². The van der Waals surface area contributed by atoms with Crippen LogP contribution in [0.3, 0.4) is 0 Å². The molecular weight excluding hydrogens is 257 g/mol. The van der Waals surface area contributed by atoms with Gasteiger partial charge in [-0.05, 0) is 42.9 Å². The van der Waals surface area contributed by atoms with E-state index in [1.807, 2.05) is 31.3 Å². The molecule has 0 aliphatic rings. The Balaban J connectivity index is 1.87. The van der Waals surface area contributed by atoms with E-state index >= 15 is 0 Å². The van der Waals surface area contributed by atoms with Crippen molar-refractivity contribution in [2.75, 3.05) is 7.05 Å². The lowest BCUT2D eigenvalue weighted by Gasteiger charge is -2.04. The highest BCUT2D eigenvalue weighted by Gasteiger charge is 2.06. The summed E-state index contributed by atoms with van der Waals surface area (Å²) in [6.45, 7) is 0.766. The molecule has 0 atom stereocenters. The maximum atomic E-state index is 13.1. The Labute approximate surface area is 115 Å². The van der Waals surface area contributed by atoms with Gasteiger partial charge in [-0.25, -0.2) is 4.39 Å². The number of halogens is 1. The van der Waals surface area contributed by atoms with Gasteiger partial charge in [0.05, 0.1) is 11.0 Å². The average molecular weight is 271 g/mol. The van der Waals surface area contributed by atoms with Crippen LogP contribution in [-0.4, -0.2) is 17.0 Å². The summed E-state index contributed by atoms with van der Waals surface area (Å²) in [7, 11) is 1.89. The van der Waals surface area contributed by atoms with Gasteiger partial charge >= 0.3 is 0 Å². The molecule has 3 rings (SSSR count). The molecule has 0 fully saturated rings. The van der Waals surface area contributed by atoms with Crippen LogP contribution in [0.2, 0.25) is 0 Å². The van der Waals surface area contributed by atoms with Crippen molar-refractivity contribution in [1.29, 1.82) is 0 Å². The molecule has 0 radical (unpaired) electrons. The number of aromatic nitrogens is 2. The molecule has 2 aromatic carbocycles. The molecule has 0 bridgehead atoms. The molecule has 5 heteroatoms. The highest BCUT2D eigenvalue weighted by atomic mass is 19.1. The van der Waals surface area contributed by atoms with Crippen LogP contribution < -0.4 is 10.1 Å². The highest BCUT2D eigenvalue weighted by molar-refractivity contribution is 5.75. The molecule has 1 aromatic heterocycles. The topological polar surface area (TPSA) is 49.9 Å². The maximum Gasteiger partial charge on any atom is 0.300 e. The highest BCUT2D eigenvalue weighted by Crippen LogP contribution is 2.23. The largest absolute Gasteiger partial charge is 0.426 e. The molecule has 3 aromatic rings. The predicted octanol–water partition coefficient (Wildman–Crippen LogP) is 3.21. The molecule has 102 valence electrons. The molecule has 0 saturated heterocycles. The molecule has 2 N–H and O–H groups in total. The van der Waals surface area contributed by atoms with Gasteiger partial charge in [0.1, 0.15) is 11.6 Å². The first-order chi connectivity index (χ1) is 9.74. The molecule has 0 aliphatic heterocycles. The van der Waals surface area contributed by atoms with Crippen LogP contribution in [0.5, 0.6) is 11.8 Å². The van der Waals surface area contributed by atoms with E-state index in [0.717, 1.165) is 12.1 Å². The normalized spacial score (nSPS) is 10.9. The van der Waals surface area contributed by atoms with Gasteiger partial charge in [0.25, 0.3) is 6.01 Å². The molecule has 1 heterocycles. The molecule has 20 heavy (non-hydrogen) atoms. The molecule has 0 unspecified atom stereocenters. The lowest BCUT2D eigenvalue weighted by molar-refractivity contribution is 0.448. The van der Waals surface area contributed by atoms with Crippen molar-refractivity contribution in [3.05, 3.63) is 53.8 Å². The van der Waals surface area contributed by atoms with Gasteiger partial charge < -0.3 is 15.0 Å². The number of H-pyrrole nitrogens is 1. The van der Waals surface area contributed by atoms with Crippen LogP contribution in [-0.2, 0) is 6.54 Å².